The number of benzene rings is 2. The van der Waals surface area contributed by atoms with Gasteiger partial charge in [-0.25, -0.2) is 9.78 Å². The van der Waals surface area contributed by atoms with E-state index in [-0.39, 0.29) is 24.3 Å². The molecule has 0 spiro atoms. The summed E-state index contributed by atoms with van der Waals surface area (Å²) in [7, 11) is 0. The largest absolute Gasteiger partial charge is 0.478 e. The van der Waals surface area contributed by atoms with E-state index in [1.807, 2.05) is 53.4 Å². The van der Waals surface area contributed by atoms with E-state index in [1.54, 1.807) is 11.0 Å². The first-order chi connectivity index (χ1) is 19.1. The van der Waals surface area contributed by atoms with Crippen LogP contribution >= 0.6 is 0 Å². The molecule has 3 aromatic rings. The molecule has 1 atom stereocenters. The van der Waals surface area contributed by atoms with Gasteiger partial charge in [0.25, 0.3) is 0 Å². The van der Waals surface area contributed by atoms with Gasteiger partial charge in [-0.2, -0.15) is 0 Å². The Morgan fingerprint density at radius 3 is 2.62 bits per heavy atom. The highest BCUT2D eigenvalue weighted by atomic mass is 16.7. The third-order valence-corrected chi connectivity index (χ3v) is 7.21. The van der Waals surface area contributed by atoms with Crippen molar-refractivity contribution < 1.29 is 28.9 Å². The van der Waals surface area contributed by atoms with Crippen LogP contribution in [0.15, 0.2) is 54.6 Å². The number of aromatic nitrogens is 1. The molecule has 2 aliphatic heterocycles. The van der Waals surface area contributed by atoms with Crippen molar-refractivity contribution in [1.82, 2.24) is 14.8 Å². The maximum Gasteiger partial charge on any atom is 0.336 e. The second-order valence-electron chi connectivity index (χ2n) is 9.87. The van der Waals surface area contributed by atoms with Crippen molar-refractivity contribution in [3.05, 3.63) is 65.7 Å². The van der Waals surface area contributed by atoms with E-state index >= 15 is 0 Å². The molecule has 0 radical (unpaired) electrons. The highest BCUT2D eigenvalue weighted by Crippen LogP contribution is 2.31. The first-order valence-electron chi connectivity index (χ1n) is 13.6. The number of hydrogen-bond donors (Lipinski definition) is 1. The molecule has 0 aliphatic carbocycles. The summed E-state index contributed by atoms with van der Waals surface area (Å²) in [5.74, 6) is -0.995. The van der Waals surface area contributed by atoms with E-state index in [0.29, 0.717) is 68.2 Å². The number of rotatable bonds is 11. The number of fused-ring (bicyclic) bond motifs is 1. The molecule has 1 amide bonds. The molecule has 3 heterocycles. The maximum absolute atomic E-state index is 13.0. The van der Waals surface area contributed by atoms with Crippen LogP contribution in [-0.4, -0.2) is 90.7 Å². The second kappa shape index (κ2) is 13.1. The number of para-hydroxylation sites is 1. The van der Waals surface area contributed by atoms with Crippen LogP contribution in [0.25, 0.3) is 22.2 Å². The highest BCUT2D eigenvalue weighted by molar-refractivity contribution is 6.05. The lowest BCUT2D eigenvalue weighted by atomic mass is 9.96. The molecule has 1 aromatic heterocycles. The lowest BCUT2D eigenvalue weighted by Crippen LogP contribution is -2.50. The van der Waals surface area contributed by atoms with E-state index in [0.717, 1.165) is 31.4 Å². The van der Waals surface area contributed by atoms with Crippen molar-refractivity contribution in [2.24, 2.45) is 0 Å². The van der Waals surface area contributed by atoms with Gasteiger partial charge in [0.05, 0.1) is 43.1 Å². The van der Waals surface area contributed by atoms with Gasteiger partial charge in [0, 0.05) is 49.3 Å². The molecular weight excluding hydrogens is 498 g/mol. The second-order valence-corrected chi connectivity index (χ2v) is 9.87. The van der Waals surface area contributed by atoms with Gasteiger partial charge in [-0.05, 0) is 25.3 Å². The summed E-state index contributed by atoms with van der Waals surface area (Å²) in [6.45, 7) is 4.36. The molecule has 0 saturated carbocycles. The molecule has 2 fully saturated rings. The van der Waals surface area contributed by atoms with E-state index < -0.39 is 5.97 Å². The van der Waals surface area contributed by atoms with E-state index in [4.69, 9.17) is 19.2 Å². The van der Waals surface area contributed by atoms with Crippen molar-refractivity contribution >= 4 is 22.8 Å². The van der Waals surface area contributed by atoms with Crippen molar-refractivity contribution in [2.75, 3.05) is 52.6 Å². The number of piperazine rings is 1. The number of nitrogens with zero attached hydrogens (tertiary/aromatic N) is 3. The Labute approximate surface area is 228 Å². The molecule has 9 heteroatoms. The van der Waals surface area contributed by atoms with Crippen LogP contribution in [0.4, 0.5) is 0 Å². The third kappa shape index (κ3) is 6.80. The fourth-order valence-electron chi connectivity index (χ4n) is 5.19. The van der Waals surface area contributed by atoms with Gasteiger partial charge in [-0.15, -0.1) is 0 Å². The van der Waals surface area contributed by atoms with Crippen LogP contribution in [-0.2, 0) is 25.5 Å². The average Bonchev–Trinajstić information content (AvgIpc) is 2.96. The minimum absolute atomic E-state index is 0.00332. The van der Waals surface area contributed by atoms with E-state index in [9.17, 15) is 14.7 Å². The zero-order valence-electron chi connectivity index (χ0n) is 22.1. The zero-order chi connectivity index (χ0) is 27.0. The van der Waals surface area contributed by atoms with Crippen LogP contribution in [0.2, 0.25) is 0 Å². The number of pyridine rings is 1. The van der Waals surface area contributed by atoms with Crippen molar-refractivity contribution in [3.8, 4) is 11.3 Å². The number of carbonyl (C=O) groups is 2. The molecule has 1 N–H and O–H groups in total. The average molecular weight is 534 g/mol. The lowest BCUT2D eigenvalue weighted by Gasteiger charge is -2.34. The van der Waals surface area contributed by atoms with Gasteiger partial charge >= 0.3 is 5.97 Å². The number of ether oxygens (including phenoxy) is 3. The summed E-state index contributed by atoms with van der Waals surface area (Å²) in [5, 5.41) is 10.8. The number of aromatic carboxylic acids is 1. The van der Waals surface area contributed by atoms with Crippen LogP contribution < -0.4 is 0 Å². The van der Waals surface area contributed by atoms with E-state index in [2.05, 4.69) is 0 Å². The minimum Gasteiger partial charge on any atom is -0.478 e. The van der Waals surface area contributed by atoms with Gasteiger partial charge in [-0.1, -0.05) is 48.5 Å². The van der Waals surface area contributed by atoms with Gasteiger partial charge in [0.2, 0.25) is 5.91 Å². The maximum atomic E-state index is 13.0. The normalized spacial score (nSPS) is 18.5. The topological polar surface area (TPSA) is 101 Å². The molecule has 1 unspecified atom stereocenters. The molecule has 2 aliphatic rings. The summed E-state index contributed by atoms with van der Waals surface area (Å²) in [5.41, 5.74) is 2.98. The van der Waals surface area contributed by atoms with Gasteiger partial charge < -0.3 is 24.2 Å². The van der Waals surface area contributed by atoms with E-state index in [1.165, 1.54) is 0 Å². The zero-order valence-corrected chi connectivity index (χ0v) is 22.1. The molecule has 2 aromatic carbocycles. The van der Waals surface area contributed by atoms with Gasteiger partial charge in [-0.3, -0.25) is 9.69 Å². The Morgan fingerprint density at radius 2 is 1.85 bits per heavy atom. The predicted octanol–water partition coefficient (Wildman–Crippen LogP) is 3.80. The fourth-order valence-corrected chi connectivity index (χ4v) is 5.19. The standard InChI is InChI=1S/C30H35N3O6/c34-26-21-32(13-14-33(26)15-17-37-18-19-39-27-12-6-7-16-38-27)20-24-28(30(35)36)23-10-4-5-11-25(23)31-29(24)22-8-2-1-3-9-22/h1-5,8-11,27H,6-7,12-21H2,(H,35,36). The smallest absolute Gasteiger partial charge is 0.336 e. The Bertz CT molecular complexity index is 1280. The molecule has 206 valence electrons. The number of carboxylic acid groups (broad SMARTS) is 1. The third-order valence-electron chi connectivity index (χ3n) is 7.21. The van der Waals surface area contributed by atoms with Crippen LogP contribution in [0.5, 0.6) is 0 Å². The summed E-state index contributed by atoms with van der Waals surface area (Å²) in [4.78, 5) is 34.1. The van der Waals surface area contributed by atoms with Crippen LogP contribution in [0.3, 0.4) is 0 Å². The minimum atomic E-state index is -0.998. The summed E-state index contributed by atoms with van der Waals surface area (Å²) in [6, 6.07) is 16.9. The highest BCUT2D eigenvalue weighted by Gasteiger charge is 2.28. The lowest BCUT2D eigenvalue weighted by molar-refractivity contribution is -0.169. The number of carboxylic acids is 1. The summed E-state index contributed by atoms with van der Waals surface area (Å²) < 4.78 is 16.9. The molecule has 2 saturated heterocycles. The number of amides is 1. The molecule has 9 nitrogen and oxygen atoms in total. The predicted molar refractivity (Wildman–Crippen MR) is 146 cm³/mol. The Hall–Kier alpha value is -3.37. The van der Waals surface area contributed by atoms with Gasteiger partial charge in [0.15, 0.2) is 6.29 Å². The first kappa shape index (κ1) is 27.2. The summed E-state index contributed by atoms with van der Waals surface area (Å²) >= 11 is 0. The van der Waals surface area contributed by atoms with Crippen molar-refractivity contribution in [2.45, 2.75) is 32.1 Å². The molecule has 5 rings (SSSR count). The molecule has 39 heavy (non-hydrogen) atoms. The summed E-state index contributed by atoms with van der Waals surface area (Å²) in [6.07, 6.45) is 3.02. The Balaban J connectivity index is 1.21. The van der Waals surface area contributed by atoms with Gasteiger partial charge in [0.1, 0.15) is 0 Å². The number of carbonyl (C=O) groups excluding carboxylic acids is 1. The monoisotopic (exact) mass is 533 g/mol. The van der Waals surface area contributed by atoms with Crippen LogP contribution in [0, 0.1) is 0 Å². The Kier molecular flexibility index (Phi) is 9.15. The number of hydrogen-bond acceptors (Lipinski definition) is 7. The molecular formula is C30H35N3O6. The fraction of sp³-hybridized carbons (Fsp3) is 0.433. The molecule has 0 bridgehead atoms. The SMILES string of the molecule is O=C(O)c1c(CN2CCN(CCOCCOC3CCCCO3)C(=O)C2)c(-c2ccccc2)nc2ccccc12. The quantitative estimate of drug-likeness (QED) is 0.372. The van der Waals surface area contributed by atoms with Crippen LogP contribution in [0.1, 0.15) is 35.2 Å². The first-order valence-corrected chi connectivity index (χ1v) is 13.6. The Morgan fingerprint density at radius 1 is 1.03 bits per heavy atom. The van der Waals surface area contributed by atoms with Crippen molar-refractivity contribution in [3.63, 3.8) is 0 Å². The van der Waals surface area contributed by atoms with Crippen molar-refractivity contribution in [1.29, 1.82) is 0 Å².